The number of nitrogens with zero attached hydrogens (tertiary/aromatic N) is 2. The van der Waals surface area contributed by atoms with Crippen molar-refractivity contribution in [1.29, 1.82) is 0 Å². The highest BCUT2D eigenvalue weighted by molar-refractivity contribution is 9.10. The van der Waals surface area contributed by atoms with Crippen LogP contribution >= 0.6 is 15.9 Å². The first-order chi connectivity index (χ1) is 9.19. The summed E-state index contributed by atoms with van der Waals surface area (Å²) in [5, 5.41) is 8.07. The standard InChI is InChI=1S/C15H20BrN3/c1-3-8-17-15(11-14-7-9-19(2)18-14)12-5-4-6-13(16)10-12/h4-7,9-10,15,17H,3,8,11H2,1-2H3. The van der Waals surface area contributed by atoms with E-state index in [-0.39, 0.29) is 0 Å². The minimum absolute atomic E-state index is 0.312. The molecule has 0 aliphatic carbocycles. The molecule has 19 heavy (non-hydrogen) atoms. The second kappa shape index (κ2) is 6.87. The van der Waals surface area contributed by atoms with E-state index in [1.165, 1.54) is 5.56 Å². The fraction of sp³-hybridized carbons (Fsp3) is 0.400. The zero-order valence-electron chi connectivity index (χ0n) is 11.4. The SMILES string of the molecule is CCCNC(Cc1ccn(C)n1)c1cccc(Br)c1. The van der Waals surface area contributed by atoms with Crippen LogP contribution in [0.3, 0.4) is 0 Å². The zero-order chi connectivity index (χ0) is 13.7. The van der Waals surface area contributed by atoms with Crippen LogP contribution in [0.4, 0.5) is 0 Å². The molecule has 0 amide bonds. The third-order valence-corrected chi connectivity index (χ3v) is 3.57. The number of benzene rings is 1. The van der Waals surface area contributed by atoms with Gasteiger partial charge in [-0.25, -0.2) is 0 Å². The van der Waals surface area contributed by atoms with Gasteiger partial charge in [-0.05, 0) is 36.7 Å². The maximum Gasteiger partial charge on any atom is 0.0643 e. The Morgan fingerprint density at radius 2 is 2.21 bits per heavy atom. The van der Waals surface area contributed by atoms with Gasteiger partial charge in [-0.1, -0.05) is 35.0 Å². The summed E-state index contributed by atoms with van der Waals surface area (Å²) in [6, 6.07) is 10.9. The Morgan fingerprint density at radius 3 is 2.84 bits per heavy atom. The summed E-state index contributed by atoms with van der Waals surface area (Å²) < 4.78 is 2.97. The predicted octanol–water partition coefficient (Wildman–Crippen LogP) is 3.47. The molecule has 0 fully saturated rings. The fourth-order valence-corrected chi connectivity index (χ4v) is 2.55. The number of rotatable bonds is 6. The molecular weight excluding hydrogens is 302 g/mol. The topological polar surface area (TPSA) is 29.9 Å². The molecule has 0 aliphatic rings. The van der Waals surface area contributed by atoms with Crippen molar-refractivity contribution in [2.45, 2.75) is 25.8 Å². The highest BCUT2D eigenvalue weighted by Crippen LogP contribution is 2.21. The van der Waals surface area contributed by atoms with Gasteiger partial charge in [0.15, 0.2) is 0 Å². The summed E-state index contributed by atoms with van der Waals surface area (Å²) in [5.74, 6) is 0. The van der Waals surface area contributed by atoms with E-state index in [1.807, 2.05) is 17.9 Å². The van der Waals surface area contributed by atoms with Crippen molar-refractivity contribution in [3.05, 3.63) is 52.3 Å². The number of nitrogens with one attached hydrogen (secondary N) is 1. The summed E-state index contributed by atoms with van der Waals surface area (Å²) in [6.07, 6.45) is 4.04. The fourth-order valence-electron chi connectivity index (χ4n) is 2.13. The van der Waals surface area contributed by atoms with Gasteiger partial charge in [-0.15, -0.1) is 0 Å². The lowest BCUT2D eigenvalue weighted by molar-refractivity contribution is 0.521. The maximum atomic E-state index is 4.47. The van der Waals surface area contributed by atoms with Gasteiger partial charge in [0, 0.05) is 30.2 Å². The Labute approximate surface area is 123 Å². The highest BCUT2D eigenvalue weighted by atomic mass is 79.9. The van der Waals surface area contributed by atoms with E-state index < -0.39 is 0 Å². The van der Waals surface area contributed by atoms with Crippen molar-refractivity contribution >= 4 is 15.9 Å². The molecule has 0 aliphatic heterocycles. The van der Waals surface area contributed by atoms with Gasteiger partial charge in [0.2, 0.25) is 0 Å². The Hall–Kier alpha value is -1.13. The minimum atomic E-state index is 0.312. The molecule has 1 atom stereocenters. The second-order valence-electron chi connectivity index (χ2n) is 4.75. The minimum Gasteiger partial charge on any atom is -0.310 e. The smallest absolute Gasteiger partial charge is 0.0643 e. The van der Waals surface area contributed by atoms with E-state index in [9.17, 15) is 0 Å². The first-order valence-corrected chi connectivity index (χ1v) is 7.45. The van der Waals surface area contributed by atoms with Crippen LogP contribution in [-0.4, -0.2) is 16.3 Å². The third-order valence-electron chi connectivity index (χ3n) is 3.07. The van der Waals surface area contributed by atoms with Gasteiger partial charge in [-0.3, -0.25) is 4.68 Å². The van der Waals surface area contributed by atoms with Crippen LogP contribution in [0.15, 0.2) is 41.0 Å². The van der Waals surface area contributed by atoms with Gasteiger partial charge < -0.3 is 5.32 Å². The first kappa shape index (κ1) is 14.3. The summed E-state index contributed by atoms with van der Waals surface area (Å²) >= 11 is 3.54. The lowest BCUT2D eigenvalue weighted by atomic mass is 10.0. The van der Waals surface area contributed by atoms with E-state index in [0.717, 1.165) is 29.6 Å². The summed E-state index contributed by atoms with van der Waals surface area (Å²) in [5.41, 5.74) is 2.42. The molecule has 3 nitrogen and oxygen atoms in total. The number of halogens is 1. The van der Waals surface area contributed by atoms with Crippen LogP contribution in [-0.2, 0) is 13.5 Å². The van der Waals surface area contributed by atoms with Crippen LogP contribution in [0.25, 0.3) is 0 Å². The molecule has 0 spiro atoms. The lowest BCUT2D eigenvalue weighted by Gasteiger charge is -2.18. The summed E-state index contributed by atoms with van der Waals surface area (Å²) in [7, 11) is 1.96. The number of hydrogen-bond acceptors (Lipinski definition) is 2. The van der Waals surface area contributed by atoms with Crippen LogP contribution in [0.1, 0.15) is 30.6 Å². The normalized spacial score (nSPS) is 12.6. The van der Waals surface area contributed by atoms with Crippen molar-refractivity contribution in [1.82, 2.24) is 15.1 Å². The van der Waals surface area contributed by atoms with Crippen molar-refractivity contribution in [3.63, 3.8) is 0 Å². The summed E-state index contributed by atoms with van der Waals surface area (Å²) in [6.45, 7) is 3.20. The van der Waals surface area contributed by atoms with E-state index >= 15 is 0 Å². The van der Waals surface area contributed by atoms with E-state index in [4.69, 9.17) is 0 Å². The Morgan fingerprint density at radius 1 is 1.37 bits per heavy atom. The van der Waals surface area contributed by atoms with Gasteiger partial charge in [-0.2, -0.15) is 5.10 Å². The molecule has 1 heterocycles. The third kappa shape index (κ3) is 4.18. The number of aryl methyl sites for hydroxylation is 1. The molecule has 4 heteroatoms. The Bertz CT molecular complexity index is 522. The van der Waals surface area contributed by atoms with Crippen molar-refractivity contribution in [3.8, 4) is 0 Å². The molecule has 1 aromatic heterocycles. The second-order valence-corrected chi connectivity index (χ2v) is 5.66. The summed E-state index contributed by atoms with van der Waals surface area (Å²) in [4.78, 5) is 0. The van der Waals surface area contributed by atoms with Gasteiger partial charge in [0.05, 0.1) is 5.69 Å². The maximum absolute atomic E-state index is 4.47. The molecular formula is C15H20BrN3. The van der Waals surface area contributed by atoms with E-state index in [1.54, 1.807) is 0 Å². The van der Waals surface area contributed by atoms with Crippen LogP contribution in [0.5, 0.6) is 0 Å². The monoisotopic (exact) mass is 321 g/mol. The highest BCUT2D eigenvalue weighted by Gasteiger charge is 2.13. The van der Waals surface area contributed by atoms with Gasteiger partial charge >= 0.3 is 0 Å². The van der Waals surface area contributed by atoms with Crippen LogP contribution in [0, 0.1) is 0 Å². The number of hydrogen-bond donors (Lipinski definition) is 1. The molecule has 2 aromatic rings. The first-order valence-electron chi connectivity index (χ1n) is 6.66. The van der Waals surface area contributed by atoms with E-state index in [0.29, 0.717) is 6.04 Å². The van der Waals surface area contributed by atoms with Crippen molar-refractivity contribution in [2.24, 2.45) is 7.05 Å². The molecule has 0 saturated heterocycles. The molecule has 1 aromatic carbocycles. The molecule has 2 rings (SSSR count). The molecule has 0 bridgehead atoms. The zero-order valence-corrected chi connectivity index (χ0v) is 13.0. The van der Waals surface area contributed by atoms with Crippen LogP contribution < -0.4 is 5.32 Å². The van der Waals surface area contributed by atoms with Crippen molar-refractivity contribution in [2.75, 3.05) is 6.54 Å². The Balaban J connectivity index is 2.15. The molecule has 1 N–H and O–H groups in total. The van der Waals surface area contributed by atoms with Gasteiger partial charge in [0.1, 0.15) is 0 Å². The lowest BCUT2D eigenvalue weighted by Crippen LogP contribution is -2.24. The van der Waals surface area contributed by atoms with Crippen LogP contribution in [0.2, 0.25) is 0 Å². The average Bonchev–Trinajstić information content (AvgIpc) is 2.80. The molecule has 102 valence electrons. The van der Waals surface area contributed by atoms with Gasteiger partial charge in [0.25, 0.3) is 0 Å². The molecule has 0 radical (unpaired) electrons. The molecule has 1 unspecified atom stereocenters. The van der Waals surface area contributed by atoms with E-state index in [2.05, 4.69) is 63.6 Å². The Kier molecular flexibility index (Phi) is 5.16. The largest absolute Gasteiger partial charge is 0.310 e. The average molecular weight is 322 g/mol. The quantitative estimate of drug-likeness (QED) is 0.883. The number of aromatic nitrogens is 2. The van der Waals surface area contributed by atoms with Crippen molar-refractivity contribution < 1.29 is 0 Å². The predicted molar refractivity (Wildman–Crippen MR) is 82.1 cm³/mol. The molecule has 0 saturated carbocycles.